The molecule has 0 radical (unpaired) electrons. The van der Waals surface area contributed by atoms with Gasteiger partial charge < -0.3 is 10.3 Å². The van der Waals surface area contributed by atoms with E-state index in [-0.39, 0.29) is 17.2 Å². The molecule has 140 valence electrons. The van der Waals surface area contributed by atoms with Crippen LogP contribution in [0.4, 0.5) is 5.82 Å². The summed E-state index contributed by atoms with van der Waals surface area (Å²) in [5.41, 5.74) is 2.82. The molecule has 0 spiro atoms. The predicted octanol–water partition coefficient (Wildman–Crippen LogP) is 4.09. The summed E-state index contributed by atoms with van der Waals surface area (Å²) < 4.78 is 0. The number of H-pyrrole nitrogens is 1. The van der Waals surface area contributed by atoms with Crippen molar-refractivity contribution < 1.29 is 4.79 Å². The molecule has 0 aliphatic carbocycles. The van der Waals surface area contributed by atoms with E-state index < -0.39 is 0 Å². The van der Waals surface area contributed by atoms with Crippen LogP contribution in [-0.2, 0) is 4.79 Å². The van der Waals surface area contributed by atoms with Crippen molar-refractivity contribution in [2.75, 3.05) is 11.1 Å². The van der Waals surface area contributed by atoms with E-state index in [9.17, 15) is 9.59 Å². The number of benzene rings is 1. The van der Waals surface area contributed by atoms with Gasteiger partial charge in [-0.2, -0.15) is 0 Å². The SMILES string of the molecule is Cc1ccc(-c2csc3nc(SCC(=O)Nc4ccccn4)[nH]c(=O)c23)cc1. The molecule has 6 nitrogen and oxygen atoms in total. The number of aromatic nitrogens is 3. The van der Waals surface area contributed by atoms with E-state index >= 15 is 0 Å². The summed E-state index contributed by atoms with van der Waals surface area (Å²) in [6, 6.07) is 13.3. The number of thioether (sulfide) groups is 1. The van der Waals surface area contributed by atoms with Crippen LogP contribution in [0.15, 0.2) is 64.0 Å². The number of carbonyl (C=O) groups is 1. The lowest BCUT2D eigenvalue weighted by molar-refractivity contribution is -0.113. The molecule has 0 unspecified atom stereocenters. The molecule has 28 heavy (non-hydrogen) atoms. The quantitative estimate of drug-likeness (QED) is 0.384. The van der Waals surface area contributed by atoms with Gasteiger partial charge in [-0.15, -0.1) is 11.3 Å². The van der Waals surface area contributed by atoms with E-state index in [4.69, 9.17) is 0 Å². The number of fused-ring (bicyclic) bond motifs is 1. The average molecular weight is 409 g/mol. The summed E-state index contributed by atoms with van der Waals surface area (Å²) in [5.74, 6) is 0.408. The zero-order valence-electron chi connectivity index (χ0n) is 14.9. The van der Waals surface area contributed by atoms with E-state index in [1.54, 1.807) is 24.4 Å². The number of rotatable bonds is 5. The van der Waals surface area contributed by atoms with Crippen LogP contribution in [-0.4, -0.2) is 26.6 Å². The molecule has 2 N–H and O–H groups in total. The monoisotopic (exact) mass is 408 g/mol. The first-order valence-corrected chi connectivity index (χ1v) is 10.4. The maximum Gasteiger partial charge on any atom is 0.260 e. The molecule has 1 amide bonds. The number of aromatic amines is 1. The Hall–Kier alpha value is -2.97. The van der Waals surface area contributed by atoms with Crippen molar-refractivity contribution >= 4 is 45.0 Å². The number of aryl methyl sites for hydroxylation is 1. The summed E-state index contributed by atoms with van der Waals surface area (Å²) in [6.45, 7) is 2.03. The zero-order valence-corrected chi connectivity index (χ0v) is 16.6. The Morgan fingerprint density at radius 1 is 1.21 bits per heavy atom. The highest BCUT2D eigenvalue weighted by atomic mass is 32.2. The molecule has 0 saturated heterocycles. The molecule has 0 saturated carbocycles. The van der Waals surface area contributed by atoms with Crippen LogP contribution in [0.1, 0.15) is 5.56 Å². The molecule has 0 fully saturated rings. The maximum atomic E-state index is 12.6. The third kappa shape index (κ3) is 3.97. The van der Waals surface area contributed by atoms with E-state index in [1.165, 1.54) is 23.1 Å². The van der Waals surface area contributed by atoms with Gasteiger partial charge in [0.25, 0.3) is 5.56 Å². The van der Waals surface area contributed by atoms with Crippen LogP contribution in [0.2, 0.25) is 0 Å². The van der Waals surface area contributed by atoms with Crippen LogP contribution < -0.4 is 10.9 Å². The van der Waals surface area contributed by atoms with Crippen LogP contribution in [0.5, 0.6) is 0 Å². The Kier molecular flexibility index (Phi) is 5.23. The highest BCUT2D eigenvalue weighted by Gasteiger charge is 2.14. The van der Waals surface area contributed by atoms with Gasteiger partial charge in [-0.25, -0.2) is 9.97 Å². The second-order valence-corrected chi connectivity index (χ2v) is 7.94. The number of nitrogens with one attached hydrogen (secondary N) is 2. The number of amides is 1. The number of hydrogen-bond acceptors (Lipinski definition) is 6. The molecule has 0 atom stereocenters. The van der Waals surface area contributed by atoms with Crippen LogP contribution in [0.25, 0.3) is 21.3 Å². The molecule has 0 aliphatic heterocycles. The smallest absolute Gasteiger partial charge is 0.260 e. The number of hydrogen-bond donors (Lipinski definition) is 2. The minimum atomic E-state index is -0.210. The fourth-order valence-corrected chi connectivity index (χ4v) is 4.36. The normalized spacial score (nSPS) is 10.9. The maximum absolute atomic E-state index is 12.6. The average Bonchev–Trinajstić information content (AvgIpc) is 3.12. The molecule has 3 heterocycles. The second-order valence-electron chi connectivity index (χ2n) is 6.12. The van der Waals surface area contributed by atoms with Gasteiger partial charge in [-0.1, -0.05) is 47.7 Å². The molecule has 0 aliphatic rings. The summed E-state index contributed by atoms with van der Waals surface area (Å²) in [5, 5.41) is 5.65. The van der Waals surface area contributed by atoms with Gasteiger partial charge in [0.05, 0.1) is 11.1 Å². The largest absolute Gasteiger partial charge is 0.310 e. The molecule has 8 heteroatoms. The molecule has 1 aromatic carbocycles. The minimum absolute atomic E-state index is 0.126. The summed E-state index contributed by atoms with van der Waals surface area (Å²) in [7, 11) is 0. The Morgan fingerprint density at radius 2 is 2.04 bits per heavy atom. The van der Waals surface area contributed by atoms with Gasteiger partial charge in [0.2, 0.25) is 5.91 Å². The van der Waals surface area contributed by atoms with E-state index in [2.05, 4.69) is 20.3 Å². The van der Waals surface area contributed by atoms with Crippen molar-refractivity contribution in [3.05, 3.63) is 70.0 Å². The fourth-order valence-electron chi connectivity index (χ4n) is 2.69. The number of nitrogens with zero attached hydrogens (tertiary/aromatic N) is 2. The lowest BCUT2D eigenvalue weighted by Gasteiger charge is -2.04. The van der Waals surface area contributed by atoms with Crippen molar-refractivity contribution in [1.82, 2.24) is 15.0 Å². The van der Waals surface area contributed by atoms with Gasteiger partial charge in [-0.3, -0.25) is 9.59 Å². The predicted molar refractivity (Wildman–Crippen MR) is 114 cm³/mol. The highest BCUT2D eigenvalue weighted by Crippen LogP contribution is 2.31. The van der Waals surface area contributed by atoms with Crippen molar-refractivity contribution in [2.45, 2.75) is 12.1 Å². The Labute approximate surface area is 169 Å². The Morgan fingerprint density at radius 3 is 2.79 bits per heavy atom. The van der Waals surface area contributed by atoms with E-state index in [1.807, 2.05) is 36.6 Å². The number of carbonyl (C=O) groups excluding carboxylic acids is 1. The van der Waals surface area contributed by atoms with Gasteiger partial charge >= 0.3 is 0 Å². The lowest BCUT2D eigenvalue weighted by atomic mass is 10.1. The molecule has 3 aromatic heterocycles. The molecular weight excluding hydrogens is 392 g/mol. The summed E-state index contributed by atoms with van der Waals surface area (Å²) in [4.78, 5) is 36.7. The standard InChI is InChI=1S/C20H16N4O2S2/c1-12-5-7-13(8-6-12)14-10-27-19-17(14)18(26)23-20(24-19)28-11-16(25)22-15-4-2-3-9-21-15/h2-10H,11H2,1H3,(H,21,22,25)(H,23,24,26). The number of anilines is 1. The third-order valence-corrected chi connectivity index (χ3v) is 5.80. The van der Waals surface area contributed by atoms with Gasteiger partial charge in [0, 0.05) is 17.1 Å². The van der Waals surface area contributed by atoms with Gasteiger partial charge in [-0.05, 0) is 24.6 Å². The summed E-state index contributed by atoms with van der Waals surface area (Å²) in [6.07, 6.45) is 1.61. The lowest BCUT2D eigenvalue weighted by Crippen LogP contribution is -2.16. The van der Waals surface area contributed by atoms with Crippen molar-refractivity contribution in [3.63, 3.8) is 0 Å². The second kappa shape index (κ2) is 7.95. The van der Waals surface area contributed by atoms with Crippen LogP contribution >= 0.6 is 23.1 Å². The Balaban J connectivity index is 1.53. The minimum Gasteiger partial charge on any atom is -0.310 e. The van der Waals surface area contributed by atoms with Gasteiger partial charge in [0.1, 0.15) is 10.6 Å². The summed E-state index contributed by atoms with van der Waals surface area (Å²) >= 11 is 2.61. The third-order valence-electron chi connectivity index (χ3n) is 4.06. The molecular formula is C20H16N4O2S2. The van der Waals surface area contributed by atoms with Crippen molar-refractivity contribution in [2.24, 2.45) is 0 Å². The fraction of sp³-hybridized carbons (Fsp3) is 0.100. The van der Waals surface area contributed by atoms with Crippen LogP contribution in [0, 0.1) is 6.92 Å². The molecule has 0 bridgehead atoms. The number of thiophene rings is 1. The molecule has 4 rings (SSSR count). The van der Waals surface area contributed by atoms with Crippen molar-refractivity contribution in [3.8, 4) is 11.1 Å². The molecule has 4 aromatic rings. The Bertz CT molecular complexity index is 1180. The van der Waals surface area contributed by atoms with E-state index in [0.29, 0.717) is 21.2 Å². The topological polar surface area (TPSA) is 87.7 Å². The van der Waals surface area contributed by atoms with E-state index in [0.717, 1.165) is 16.7 Å². The van der Waals surface area contributed by atoms with Crippen LogP contribution in [0.3, 0.4) is 0 Å². The highest BCUT2D eigenvalue weighted by molar-refractivity contribution is 7.99. The van der Waals surface area contributed by atoms with Crippen molar-refractivity contribution in [1.29, 1.82) is 0 Å². The first kappa shape index (κ1) is 18.4. The first-order chi connectivity index (χ1) is 13.6. The van der Waals surface area contributed by atoms with Gasteiger partial charge in [0.15, 0.2) is 5.16 Å². The zero-order chi connectivity index (χ0) is 19.5. The first-order valence-electron chi connectivity index (χ1n) is 8.52. The number of pyridine rings is 1.